The Morgan fingerprint density at radius 2 is 1.93 bits per heavy atom. The fraction of sp³-hybridized carbons (Fsp3) is 0.250. The second kappa shape index (κ2) is 4.45. The molecule has 0 amide bonds. The van der Waals surface area contributed by atoms with E-state index >= 15 is 0 Å². The number of hydrogen-bond donors (Lipinski definition) is 0. The molecule has 0 aliphatic heterocycles. The van der Waals surface area contributed by atoms with Gasteiger partial charge in [-0.2, -0.15) is 0 Å². The molecule has 2 rings (SSSR count). The first-order chi connectivity index (χ1) is 7.25. The summed E-state index contributed by atoms with van der Waals surface area (Å²) in [6.07, 6.45) is 2.92. The standard InChI is InChI=1S/C12H14N2S/c1-14(2)11-5-3-10(4-6-11)7-12-8-13-9-15-12/h3-6,8-9H,7H2,1-2H3. The summed E-state index contributed by atoms with van der Waals surface area (Å²) in [6, 6.07) is 8.65. The Labute approximate surface area is 94.2 Å². The fourth-order valence-electron chi connectivity index (χ4n) is 1.44. The third-order valence-electron chi connectivity index (χ3n) is 2.31. The highest BCUT2D eigenvalue weighted by Gasteiger charge is 1.99. The lowest BCUT2D eigenvalue weighted by molar-refractivity contribution is 1.12. The molecule has 0 radical (unpaired) electrons. The van der Waals surface area contributed by atoms with Gasteiger partial charge in [0.15, 0.2) is 0 Å². The predicted molar refractivity (Wildman–Crippen MR) is 65.7 cm³/mol. The molecule has 78 valence electrons. The third-order valence-corrected chi connectivity index (χ3v) is 3.09. The van der Waals surface area contributed by atoms with E-state index in [0.717, 1.165) is 6.42 Å². The van der Waals surface area contributed by atoms with E-state index < -0.39 is 0 Å². The topological polar surface area (TPSA) is 16.1 Å². The SMILES string of the molecule is CN(C)c1ccc(Cc2cncs2)cc1. The molecule has 0 aliphatic rings. The molecule has 1 aromatic carbocycles. The number of thiazole rings is 1. The molecule has 1 aromatic heterocycles. The van der Waals surface area contributed by atoms with Gasteiger partial charge in [0.05, 0.1) is 5.51 Å². The van der Waals surface area contributed by atoms with Crippen molar-refractivity contribution in [3.05, 3.63) is 46.4 Å². The van der Waals surface area contributed by atoms with E-state index in [9.17, 15) is 0 Å². The summed E-state index contributed by atoms with van der Waals surface area (Å²) in [4.78, 5) is 7.49. The lowest BCUT2D eigenvalue weighted by Crippen LogP contribution is -2.08. The lowest BCUT2D eigenvalue weighted by atomic mass is 10.1. The average Bonchev–Trinajstić information content (AvgIpc) is 2.71. The van der Waals surface area contributed by atoms with Crippen molar-refractivity contribution in [3.63, 3.8) is 0 Å². The van der Waals surface area contributed by atoms with Gasteiger partial charge < -0.3 is 4.90 Å². The summed E-state index contributed by atoms with van der Waals surface area (Å²) in [5.74, 6) is 0. The van der Waals surface area contributed by atoms with Crippen LogP contribution in [0, 0.1) is 0 Å². The molecule has 0 atom stereocenters. The van der Waals surface area contributed by atoms with E-state index in [4.69, 9.17) is 0 Å². The molecule has 0 bridgehead atoms. The van der Waals surface area contributed by atoms with Gasteiger partial charge >= 0.3 is 0 Å². The molecule has 0 fully saturated rings. The number of aromatic nitrogens is 1. The van der Waals surface area contributed by atoms with Gasteiger partial charge in [0, 0.05) is 37.3 Å². The van der Waals surface area contributed by atoms with Gasteiger partial charge in [0.25, 0.3) is 0 Å². The summed E-state index contributed by atoms with van der Waals surface area (Å²) < 4.78 is 0. The lowest BCUT2D eigenvalue weighted by Gasteiger charge is -2.12. The Morgan fingerprint density at radius 1 is 1.20 bits per heavy atom. The van der Waals surface area contributed by atoms with Gasteiger partial charge in [-0.05, 0) is 17.7 Å². The summed E-state index contributed by atoms with van der Waals surface area (Å²) in [5.41, 5.74) is 4.46. The first-order valence-electron chi connectivity index (χ1n) is 4.89. The molecule has 2 nitrogen and oxygen atoms in total. The maximum Gasteiger partial charge on any atom is 0.0794 e. The van der Waals surface area contributed by atoms with E-state index in [-0.39, 0.29) is 0 Å². The van der Waals surface area contributed by atoms with Crippen molar-refractivity contribution in [1.29, 1.82) is 0 Å². The van der Waals surface area contributed by atoms with Crippen molar-refractivity contribution in [2.45, 2.75) is 6.42 Å². The summed E-state index contributed by atoms with van der Waals surface area (Å²) in [6.45, 7) is 0. The highest BCUT2D eigenvalue weighted by Crippen LogP contribution is 2.16. The number of anilines is 1. The van der Waals surface area contributed by atoms with Crippen LogP contribution in [0.3, 0.4) is 0 Å². The molecule has 0 spiro atoms. The number of hydrogen-bond acceptors (Lipinski definition) is 3. The van der Waals surface area contributed by atoms with Crippen LogP contribution in [0.15, 0.2) is 36.0 Å². The molecule has 1 heterocycles. The molecule has 0 N–H and O–H groups in total. The summed E-state index contributed by atoms with van der Waals surface area (Å²) in [7, 11) is 4.11. The minimum Gasteiger partial charge on any atom is -0.378 e. The number of benzene rings is 1. The normalized spacial score (nSPS) is 10.3. The minimum absolute atomic E-state index is 0.984. The van der Waals surface area contributed by atoms with Crippen LogP contribution in [0.1, 0.15) is 10.4 Å². The van der Waals surface area contributed by atoms with E-state index in [0.29, 0.717) is 0 Å². The van der Waals surface area contributed by atoms with Crippen LogP contribution in [0.5, 0.6) is 0 Å². The van der Waals surface area contributed by atoms with E-state index in [1.807, 2.05) is 11.7 Å². The molecule has 0 unspecified atom stereocenters. The fourth-order valence-corrected chi connectivity index (χ4v) is 2.07. The minimum atomic E-state index is 0.984. The van der Waals surface area contributed by atoms with Crippen molar-refractivity contribution in [1.82, 2.24) is 4.98 Å². The molecule has 15 heavy (non-hydrogen) atoms. The quantitative estimate of drug-likeness (QED) is 0.787. The Bertz CT molecular complexity index is 404. The highest BCUT2D eigenvalue weighted by molar-refractivity contribution is 7.09. The van der Waals surface area contributed by atoms with Gasteiger partial charge in [-0.3, -0.25) is 4.98 Å². The van der Waals surface area contributed by atoms with Crippen molar-refractivity contribution < 1.29 is 0 Å². The van der Waals surface area contributed by atoms with Crippen molar-refractivity contribution in [2.24, 2.45) is 0 Å². The first-order valence-corrected chi connectivity index (χ1v) is 5.77. The molecule has 2 aromatic rings. The van der Waals surface area contributed by atoms with Crippen LogP contribution in [0.25, 0.3) is 0 Å². The van der Waals surface area contributed by atoms with Gasteiger partial charge in [-0.25, -0.2) is 0 Å². The van der Waals surface area contributed by atoms with Crippen LogP contribution in [0.2, 0.25) is 0 Å². The second-order valence-electron chi connectivity index (χ2n) is 3.71. The van der Waals surface area contributed by atoms with Crippen LogP contribution in [-0.4, -0.2) is 19.1 Å². The van der Waals surface area contributed by atoms with Crippen LogP contribution in [-0.2, 0) is 6.42 Å². The van der Waals surface area contributed by atoms with Gasteiger partial charge in [-0.1, -0.05) is 12.1 Å². The first kappa shape index (κ1) is 10.2. The van der Waals surface area contributed by atoms with Gasteiger partial charge in [0.2, 0.25) is 0 Å². The zero-order chi connectivity index (χ0) is 10.7. The Hall–Kier alpha value is -1.35. The highest BCUT2D eigenvalue weighted by atomic mass is 32.1. The second-order valence-corrected chi connectivity index (χ2v) is 4.68. The Morgan fingerprint density at radius 3 is 2.47 bits per heavy atom. The monoisotopic (exact) mass is 218 g/mol. The average molecular weight is 218 g/mol. The van der Waals surface area contributed by atoms with Crippen LogP contribution >= 0.6 is 11.3 Å². The Balaban J connectivity index is 2.11. The number of rotatable bonds is 3. The Kier molecular flexibility index (Phi) is 3.02. The van der Waals surface area contributed by atoms with Crippen molar-refractivity contribution in [2.75, 3.05) is 19.0 Å². The molecular weight excluding hydrogens is 204 g/mol. The zero-order valence-electron chi connectivity index (χ0n) is 8.97. The summed E-state index contributed by atoms with van der Waals surface area (Å²) in [5, 5.41) is 0. The van der Waals surface area contributed by atoms with Gasteiger partial charge in [0.1, 0.15) is 0 Å². The molecule has 0 saturated heterocycles. The molecule has 3 heteroatoms. The predicted octanol–water partition coefficient (Wildman–Crippen LogP) is 2.80. The van der Waals surface area contributed by atoms with E-state index in [2.05, 4.69) is 48.2 Å². The van der Waals surface area contributed by atoms with Crippen molar-refractivity contribution >= 4 is 17.0 Å². The number of nitrogens with zero attached hydrogens (tertiary/aromatic N) is 2. The largest absolute Gasteiger partial charge is 0.378 e. The third kappa shape index (κ3) is 2.57. The van der Waals surface area contributed by atoms with Crippen LogP contribution in [0.4, 0.5) is 5.69 Å². The molecular formula is C12H14N2S. The van der Waals surface area contributed by atoms with Gasteiger partial charge in [-0.15, -0.1) is 11.3 Å². The smallest absolute Gasteiger partial charge is 0.0794 e. The maximum atomic E-state index is 4.07. The zero-order valence-corrected chi connectivity index (χ0v) is 9.79. The van der Waals surface area contributed by atoms with E-state index in [1.54, 1.807) is 11.3 Å². The molecule has 0 aliphatic carbocycles. The van der Waals surface area contributed by atoms with E-state index in [1.165, 1.54) is 16.1 Å². The van der Waals surface area contributed by atoms with Crippen molar-refractivity contribution in [3.8, 4) is 0 Å². The summed E-state index contributed by atoms with van der Waals surface area (Å²) >= 11 is 1.71. The van der Waals surface area contributed by atoms with Crippen LogP contribution < -0.4 is 4.90 Å². The molecule has 0 saturated carbocycles. The maximum absolute atomic E-state index is 4.07.